The molecule has 0 aliphatic heterocycles. The third kappa shape index (κ3) is 3.22. The Bertz CT molecular complexity index is 476. The van der Waals surface area contributed by atoms with Crippen LogP contribution in [0.5, 0.6) is 5.75 Å². The number of phenols is 1. The standard InChI is InChI=1S/C14H20N2O/c1-2-3-4-5-6-7-14-15-12-9-8-11(17)10-13(12)16-14/h8-10,17H,2-7H2,1H3,(H,15,16). The van der Waals surface area contributed by atoms with Crippen molar-refractivity contribution in [3.05, 3.63) is 24.0 Å². The highest BCUT2D eigenvalue weighted by molar-refractivity contribution is 5.76. The molecule has 2 aromatic rings. The van der Waals surface area contributed by atoms with E-state index < -0.39 is 0 Å². The summed E-state index contributed by atoms with van der Waals surface area (Å²) in [4.78, 5) is 7.76. The molecule has 0 fully saturated rings. The number of imidazole rings is 1. The molecule has 0 unspecified atom stereocenters. The zero-order chi connectivity index (χ0) is 12.1. The molecular formula is C14H20N2O. The fourth-order valence-corrected chi connectivity index (χ4v) is 2.06. The Balaban J connectivity index is 1.91. The Morgan fingerprint density at radius 3 is 2.82 bits per heavy atom. The second-order valence-electron chi connectivity index (χ2n) is 4.55. The number of fused-ring (bicyclic) bond motifs is 1. The smallest absolute Gasteiger partial charge is 0.117 e. The van der Waals surface area contributed by atoms with Gasteiger partial charge in [-0.15, -0.1) is 0 Å². The maximum absolute atomic E-state index is 9.36. The van der Waals surface area contributed by atoms with Gasteiger partial charge in [-0.25, -0.2) is 4.98 Å². The first-order chi connectivity index (χ1) is 8.29. The fraction of sp³-hybridized carbons (Fsp3) is 0.500. The summed E-state index contributed by atoms with van der Waals surface area (Å²) in [5.41, 5.74) is 1.86. The molecule has 92 valence electrons. The van der Waals surface area contributed by atoms with Crippen LogP contribution < -0.4 is 0 Å². The molecule has 1 aromatic carbocycles. The third-order valence-electron chi connectivity index (χ3n) is 3.03. The molecular weight excluding hydrogens is 212 g/mol. The number of unbranched alkanes of at least 4 members (excludes halogenated alkanes) is 4. The van der Waals surface area contributed by atoms with Gasteiger partial charge in [0.2, 0.25) is 0 Å². The number of rotatable bonds is 6. The highest BCUT2D eigenvalue weighted by atomic mass is 16.3. The van der Waals surface area contributed by atoms with Crippen molar-refractivity contribution in [1.82, 2.24) is 9.97 Å². The highest BCUT2D eigenvalue weighted by Gasteiger charge is 2.03. The van der Waals surface area contributed by atoms with E-state index in [0.29, 0.717) is 0 Å². The first-order valence-electron chi connectivity index (χ1n) is 6.47. The van der Waals surface area contributed by atoms with Crippen LogP contribution in [0.15, 0.2) is 18.2 Å². The summed E-state index contributed by atoms with van der Waals surface area (Å²) < 4.78 is 0. The normalized spacial score (nSPS) is 11.1. The van der Waals surface area contributed by atoms with Crippen molar-refractivity contribution >= 4 is 11.0 Å². The minimum absolute atomic E-state index is 0.288. The second-order valence-corrected chi connectivity index (χ2v) is 4.55. The number of benzene rings is 1. The van der Waals surface area contributed by atoms with Crippen molar-refractivity contribution in [3.63, 3.8) is 0 Å². The SMILES string of the molecule is CCCCCCCc1nc2ccc(O)cc2[nH]1. The summed E-state index contributed by atoms with van der Waals surface area (Å²) in [5.74, 6) is 1.32. The topological polar surface area (TPSA) is 48.9 Å². The van der Waals surface area contributed by atoms with Crippen molar-refractivity contribution in [2.75, 3.05) is 0 Å². The van der Waals surface area contributed by atoms with Gasteiger partial charge in [0, 0.05) is 12.5 Å². The number of H-pyrrole nitrogens is 1. The lowest BCUT2D eigenvalue weighted by Crippen LogP contribution is -1.88. The molecule has 0 saturated heterocycles. The van der Waals surface area contributed by atoms with E-state index in [-0.39, 0.29) is 5.75 Å². The third-order valence-corrected chi connectivity index (χ3v) is 3.03. The summed E-state index contributed by atoms with van der Waals surface area (Å²) in [6.45, 7) is 2.23. The highest BCUT2D eigenvalue weighted by Crippen LogP contribution is 2.18. The molecule has 3 heteroatoms. The predicted octanol–water partition coefficient (Wildman–Crippen LogP) is 3.78. The van der Waals surface area contributed by atoms with Gasteiger partial charge in [0.15, 0.2) is 0 Å². The van der Waals surface area contributed by atoms with E-state index in [1.807, 2.05) is 6.07 Å². The zero-order valence-corrected chi connectivity index (χ0v) is 10.4. The molecule has 0 spiro atoms. The maximum Gasteiger partial charge on any atom is 0.117 e. The van der Waals surface area contributed by atoms with Crippen molar-refractivity contribution in [2.45, 2.75) is 45.4 Å². The maximum atomic E-state index is 9.36. The lowest BCUT2D eigenvalue weighted by molar-refractivity contribution is 0.476. The Kier molecular flexibility index (Phi) is 4.02. The number of aromatic hydroxyl groups is 1. The molecule has 1 heterocycles. The number of aromatic nitrogens is 2. The van der Waals surface area contributed by atoms with Gasteiger partial charge in [0.05, 0.1) is 11.0 Å². The van der Waals surface area contributed by atoms with Crippen LogP contribution in [0.3, 0.4) is 0 Å². The quantitative estimate of drug-likeness (QED) is 0.744. The molecule has 2 rings (SSSR count). The van der Waals surface area contributed by atoms with Crippen LogP contribution in [-0.4, -0.2) is 15.1 Å². The van der Waals surface area contributed by atoms with E-state index in [2.05, 4.69) is 16.9 Å². The molecule has 1 aromatic heterocycles. The average molecular weight is 232 g/mol. The molecule has 0 bridgehead atoms. The Morgan fingerprint density at radius 1 is 1.18 bits per heavy atom. The number of hydrogen-bond donors (Lipinski definition) is 2. The van der Waals surface area contributed by atoms with Crippen LogP contribution in [0, 0.1) is 0 Å². The summed E-state index contributed by atoms with van der Waals surface area (Å²) in [7, 11) is 0. The van der Waals surface area contributed by atoms with Gasteiger partial charge < -0.3 is 10.1 Å². The monoisotopic (exact) mass is 232 g/mol. The number of phenolic OH excluding ortho intramolecular Hbond substituents is 1. The lowest BCUT2D eigenvalue weighted by Gasteiger charge is -1.97. The Morgan fingerprint density at radius 2 is 2.00 bits per heavy atom. The zero-order valence-electron chi connectivity index (χ0n) is 10.4. The van der Waals surface area contributed by atoms with Crippen LogP contribution in [-0.2, 0) is 6.42 Å². The van der Waals surface area contributed by atoms with Crippen LogP contribution >= 0.6 is 0 Å². The molecule has 17 heavy (non-hydrogen) atoms. The van der Waals surface area contributed by atoms with E-state index >= 15 is 0 Å². The predicted molar refractivity (Wildman–Crippen MR) is 70.2 cm³/mol. The Hall–Kier alpha value is -1.51. The van der Waals surface area contributed by atoms with Crippen molar-refractivity contribution in [3.8, 4) is 5.75 Å². The van der Waals surface area contributed by atoms with Crippen molar-refractivity contribution in [2.24, 2.45) is 0 Å². The Labute approximate surface area is 102 Å². The minimum Gasteiger partial charge on any atom is -0.508 e. The summed E-state index contributed by atoms with van der Waals surface area (Å²) >= 11 is 0. The fourth-order valence-electron chi connectivity index (χ4n) is 2.06. The number of nitrogens with one attached hydrogen (secondary N) is 1. The summed E-state index contributed by atoms with van der Waals surface area (Å²) in [5, 5.41) is 9.36. The molecule has 0 atom stereocenters. The molecule has 3 nitrogen and oxygen atoms in total. The van der Waals surface area contributed by atoms with Crippen molar-refractivity contribution in [1.29, 1.82) is 0 Å². The molecule has 0 amide bonds. The van der Waals surface area contributed by atoms with Gasteiger partial charge in [0.25, 0.3) is 0 Å². The molecule has 0 saturated carbocycles. The van der Waals surface area contributed by atoms with Gasteiger partial charge in [-0.3, -0.25) is 0 Å². The molecule has 2 N–H and O–H groups in total. The van der Waals surface area contributed by atoms with E-state index in [0.717, 1.165) is 23.3 Å². The van der Waals surface area contributed by atoms with E-state index in [4.69, 9.17) is 0 Å². The van der Waals surface area contributed by atoms with Gasteiger partial charge >= 0.3 is 0 Å². The van der Waals surface area contributed by atoms with E-state index in [1.165, 1.54) is 32.1 Å². The summed E-state index contributed by atoms with van der Waals surface area (Å²) in [6, 6.07) is 5.25. The van der Waals surface area contributed by atoms with Crippen LogP contribution in [0.25, 0.3) is 11.0 Å². The molecule has 0 radical (unpaired) electrons. The second kappa shape index (κ2) is 5.71. The van der Waals surface area contributed by atoms with Gasteiger partial charge in [0.1, 0.15) is 11.6 Å². The number of aromatic amines is 1. The van der Waals surface area contributed by atoms with Crippen LogP contribution in [0.1, 0.15) is 44.9 Å². The number of hydrogen-bond acceptors (Lipinski definition) is 2. The number of nitrogens with zero attached hydrogens (tertiary/aromatic N) is 1. The van der Waals surface area contributed by atoms with Crippen molar-refractivity contribution < 1.29 is 5.11 Å². The van der Waals surface area contributed by atoms with Gasteiger partial charge in [-0.1, -0.05) is 32.6 Å². The lowest BCUT2D eigenvalue weighted by atomic mass is 10.1. The molecule has 0 aliphatic rings. The molecule has 0 aliphatic carbocycles. The van der Waals surface area contributed by atoms with Gasteiger partial charge in [-0.2, -0.15) is 0 Å². The van der Waals surface area contributed by atoms with Gasteiger partial charge in [-0.05, 0) is 18.6 Å². The largest absolute Gasteiger partial charge is 0.508 e. The number of aryl methyl sites for hydroxylation is 1. The van der Waals surface area contributed by atoms with E-state index in [9.17, 15) is 5.11 Å². The van der Waals surface area contributed by atoms with Crippen LogP contribution in [0.2, 0.25) is 0 Å². The van der Waals surface area contributed by atoms with Crippen LogP contribution in [0.4, 0.5) is 0 Å². The first kappa shape index (κ1) is 12.0. The average Bonchev–Trinajstić information content (AvgIpc) is 2.70. The minimum atomic E-state index is 0.288. The first-order valence-corrected chi connectivity index (χ1v) is 6.47. The summed E-state index contributed by atoms with van der Waals surface area (Å²) in [6.07, 6.45) is 7.39. The van der Waals surface area contributed by atoms with E-state index in [1.54, 1.807) is 12.1 Å².